The summed E-state index contributed by atoms with van der Waals surface area (Å²) >= 11 is 0. The summed E-state index contributed by atoms with van der Waals surface area (Å²) in [4.78, 5) is 26.0. The van der Waals surface area contributed by atoms with Gasteiger partial charge in [0.05, 0.1) is 37.3 Å². The first-order chi connectivity index (χ1) is 17.9. The number of hydrogen-bond acceptors (Lipinski definition) is 8. The van der Waals surface area contributed by atoms with Crippen LogP contribution < -0.4 is 26.0 Å². The second kappa shape index (κ2) is 10.6. The van der Waals surface area contributed by atoms with E-state index >= 15 is 0 Å². The number of ether oxygens (including phenoxy) is 1. The highest BCUT2D eigenvalue weighted by Crippen LogP contribution is 2.42. The number of likely N-dealkylation sites (N-methyl/N-ethyl adjacent to an activating group) is 1. The molecule has 10 nitrogen and oxygen atoms in total. The molecule has 1 aliphatic heterocycles. The number of fused-ring (bicyclic) bond motifs is 1. The summed E-state index contributed by atoms with van der Waals surface area (Å²) in [6.07, 6.45) is 9.54. The van der Waals surface area contributed by atoms with Crippen molar-refractivity contribution < 1.29 is 13.9 Å². The number of methoxy groups -OCH3 is 1. The van der Waals surface area contributed by atoms with E-state index in [2.05, 4.69) is 49.1 Å². The lowest BCUT2D eigenvalue weighted by molar-refractivity contribution is -0.117. The minimum Gasteiger partial charge on any atom is -0.494 e. The van der Waals surface area contributed by atoms with Crippen LogP contribution in [0.5, 0.6) is 5.75 Å². The molecule has 3 aromatic rings. The van der Waals surface area contributed by atoms with E-state index in [0.717, 1.165) is 37.5 Å². The Labute approximate surface area is 215 Å². The number of pyridine rings is 2. The number of anilines is 1. The van der Waals surface area contributed by atoms with Gasteiger partial charge in [-0.25, -0.2) is 9.37 Å². The third-order valence-electron chi connectivity index (χ3n) is 6.86. The maximum absolute atomic E-state index is 14.2. The van der Waals surface area contributed by atoms with Crippen LogP contribution in [0.2, 0.25) is 0 Å². The number of nitrogens with two attached hydrogens (primary N) is 1. The van der Waals surface area contributed by atoms with Crippen LogP contribution in [-0.2, 0) is 17.9 Å². The van der Waals surface area contributed by atoms with Crippen molar-refractivity contribution in [3.05, 3.63) is 65.4 Å². The highest BCUT2D eigenvalue weighted by atomic mass is 19.1. The molecule has 11 heteroatoms. The van der Waals surface area contributed by atoms with E-state index in [1.165, 1.54) is 49.7 Å². The van der Waals surface area contributed by atoms with Crippen LogP contribution >= 0.6 is 0 Å². The van der Waals surface area contributed by atoms with Crippen molar-refractivity contribution in [1.82, 2.24) is 29.9 Å². The molecule has 4 N–H and O–H groups in total. The number of aromatic nitrogens is 3. The van der Waals surface area contributed by atoms with Crippen LogP contribution in [0.15, 0.2) is 42.6 Å². The fraction of sp³-hybridized carbons (Fsp3) is 0.423. The average Bonchev–Trinajstić information content (AvgIpc) is 3.67. The Morgan fingerprint density at radius 3 is 2.76 bits per heavy atom. The van der Waals surface area contributed by atoms with Crippen molar-refractivity contribution in [2.75, 3.05) is 45.2 Å². The zero-order chi connectivity index (χ0) is 25.9. The zero-order valence-electron chi connectivity index (χ0n) is 21.2. The second-order valence-corrected chi connectivity index (χ2v) is 9.62. The normalized spacial score (nSPS) is 16.7. The summed E-state index contributed by atoms with van der Waals surface area (Å²) < 4.78 is 21.3. The maximum atomic E-state index is 14.2. The van der Waals surface area contributed by atoms with Gasteiger partial charge in [-0.1, -0.05) is 0 Å². The van der Waals surface area contributed by atoms with Gasteiger partial charge in [0.2, 0.25) is 0 Å². The number of halogens is 1. The number of imidazole rings is 1. The zero-order valence-corrected chi connectivity index (χ0v) is 21.2. The molecule has 0 atom stereocenters. The largest absolute Gasteiger partial charge is 0.494 e. The SMILES string of the molecule is COc1ccnc(CNC(=O)/C(N)=C/NCc2cn3cc(C4CC4)cc(N4CCN(C)CC4)c3n2)c1F. The molecule has 1 saturated carbocycles. The number of amides is 1. The fourth-order valence-corrected chi connectivity index (χ4v) is 4.50. The van der Waals surface area contributed by atoms with Crippen LogP contribution in [-0.4, -0.2) is 65.5 Å². The first-order valence-electron chi connectivity index (χ1n) is 12.5. The molecule has 3 aromatic heterocycles. The molecule has 0 unspecified atom stereocenters. The molecule has 196 valence electrons. The summed E-state index contributed by atoms with van der Waals surface area (Å²) in [6, 6.07) is 3.73. The van der Waals surface area contributed by atoms with E-state index in [-0.39, 0.29) is 23.7 Å². The molecular weight excluding hydrogens is 475 g/mol. The molecule has 37 heavy (non-hydrogen) atoms. The summed E-state index contributed by atoms with van der Waals surface area (Å²) in [6.45, 7) is 4.31. The molecule has 2 aliphatic rings. The first kappa shape index (κ1) is 24.8. The summed E-state index contributed by atoms with van der Waals surface area (Å²) in [5, 5.41) is 5.64. The number of nitrogens with one attached hydrogen (secondary N) is 2. The topological polar surface area (TPSA) is 113 Å². The molecule has 2 fully saturated rings. The lowest BCUT2D eigenvalue weighted by atomic mass is 10.1. The fourth-order valence-electron chi connectivity index (χ4n) is 4.50. The highest BCUT2D eigenvalue weighted by Gasteiger charge is 2.27. The van der Waals surface area contributed by atoms with Crippen LogP contribution in [0.25, 0.3) is 5.65 Å². The Kier molecular flexibility index (Phi) is 7.13. The van der Waals surface area contributed by atoms with Gasteiger partial charge in [-0.15, -0.1) is 0 Å². The van der Waals surface area contributed by atoms with Gasteiger partial charge in [0, 0.05) is 57.0 Å². The van der Waals surface area contributed by atoms with Crippen LogP contribution in [0, 0.1) is 5.82 Å². The molecule has 0 aromatic carbocycles. The molecular formula is C26H33FN8O2. The molecule has 0 bridgehead atoms. The molecule has 1 amide bonds. The number of piperazine rings is 1. The van der Waals surface area contributed by atoms with Crippen molar-refractivity contribution in [1.29, 1.82) is 0 Å². The Bertz CT molecular complexity index is 1310. The first-order valence-corrected chi connectivity index (χ1v) is 12.5. The highest BCUT2D eigenvalue weighted by molar-refractivity contribution is 5.92. The van der Waals surface area contributed by atoms with E-state index in [1.807, 2.05) is 6.20 Å². The van der Waals surface area contributed by atoms with Gasteiger partial charge in [-0.05, 0) is 37.4 Å². The Balaban J connectivity index is 1.24. The summed E-state index contributed by atoms with van der Waals surface area (Å²) in [5.41, 5.74) is 10.3. The number of nitrogens with zero attached hydrogens (tertiary/aromatic N) is 5. The molecule has 1 saturated heterocycles. The number of rotatable bonds is 9. The van der Waals surface area contributed by atoms with Gasteiger partial charge in [0.25, 0.3) is 5.91 Å². The van der Waals surface area contributed by atoms with E-state index in [0.29, 0.717) is 12.5 Å². The average molecular weight is 509 g/mol. The van der Waals surface area contributed by atoms with E-state index in [9.17, 15) is 9.18 Å². The Hall–Kier alpha value is -3.86. The van der Waals surface area contributed by atoms with Crippen molar-refractivity contribution in [3.63, 3.8) is 0 Å². The summed E-state index contributed by atoms with van der Waals surface area (Å²) in [7, 11) is 3.52. The molecule has 5 rings (SSSR count). The van der Waals surface area contributed by atoms with Gasteiger partial charge in [0.15, 0.2) is 17.2 Å². The lowest BCUT2D eigenvalue weighted by Crippen LogP contribution is -2.44. The van der Waals surface area contributed by atoms with Gasteiger partial charge >= 0.3 is 0 Å². The van der Waals surface area contributed by atoms with E-state index in [1.54, 1.807) is 0 Å². The van der Waals surface area contributed by atoms with E-state index in [4.69, 9.17) is 15.5 Å². The molecule has 0 radical (unpaired) electrons. The number of carbonyl (C=O) groups excluding carboxylic acids is 1. The second-order valence-electron chi connectivity index (χ2n) is 9.62. The number of hydrogen-bond donors (Lipinski definition) is 3. The van der Waals surface area contributed by atoms with Crippen LogP contribution in [0.1, 0.15) is 35.7 Å². The van der Waals surface area contributed by atoms with Gasteiger partial charge in [0.1, 0.15) is 5.70 Å². The number of carbonyl (C=O) groups is 1. The standard InChI is InChI=1S/C26H33FN8O2/c1-33-7-9-34(10-8-33)22-11-18(17-3-4-17)15-35-16-19(32-25(22)35)12-29-13-20(28)26(36)31-14-21-24(27)23(37-2)5-6-30-21/h5-6,11,13,15-17,29H,3-4,7-10,12,14,28H2,1-2H3,(H,31,36)/b20-13-. The third-order valence-corrected chi connectivity index (χ3v) is 6.86. The predicted molar refractivity (Wildman–Crippen MR) is 139 cm³/mol. The smallest absolute Gasteiger partial charge is 0.268 e. The minimum atomic E-state index is -0.612. The van der Waals surface area contributed by atoms with Gasteiger partial charge in [-0.3, -0.25) is 9.78 Å². The van der Waals surface area contributed by atoms with Gasteiger partial charge in [-0.2, -0.15) is 0 Å². The molecule has 4 heterocycles. The van der Waals surface area contributed by atoms with E-state index < -0.39 is 11.7 Å². The molecule has 1 aliphatic carbocycles. The minimum absolute atomic E-state index is 0.0267. The van der Waals surface area contributed by atoms with Crippen molar-refractivity contribution in [2.24, 2.45) is 5.73 Å². The van der Waals surface area contributed by atoms with Crippen LogP contribution in [0.3, 0.4) is 0 Å². The lowest BCUT2D eigenvalue weighted by Gasteiger charge is -2.34. The predicted octanol–water partition coefficient (Wildman–Crippen LogP) is 1.71. The third kappa shape index (κ3) is 5.61. The van der Waals surface area contributed by atoms with Crippen molar-refractivity contribution in [3.8, 4) is 5.75 Å². The summed E-state index contributed by atoms with van der Waals surface area (Å²) in [5.74, 6) is -0.435. The van der Waals surface area contributed by atoms with Crippen molar-refractivity contribution in [2.45, 2.75) is 31.8 Å². The molecule has 0 spiro atoms. The van der Waals surface area contributed by atoms with Crippen molar-refractivity contribution >= 4 is 17.2 Å². The monoisotopic (exact) mass is 508 g/mol. The maximum Gasteiger partial charge on any atom is 0.268 e. The quantitative estimate of drug-likeness (QED) is 0.375. The van der Waals surface area contributed by atoms with Crippen LogP contribution in [0.4, 0.5) is 10.1 Å². The van der Waals surface area contributed by atoms with Gasteiger partial charge < -0.3 is 35.3 Å². The Morgan fingerprint density at radius 1 is 1.24 bits per heavy atom. The Morgan fingerprint density at radius 2 is 2.03 bits per heavy atom.